The number of aliphatic hydroxyl groups excluding tert-OH is 1. The molecule has 0 bridgehead atoms. The van der Waals surface area contributed by atoms with E-state index in [0.29, 0.717) is 17.2 Å². The molecule has 0 aliphatic carbocycles. The average Bonchev–Trinajstić information content (AvgIpc) is 2.34. The summed E-state index contributed by atoms with van der Waals surface area (Å²) < 4.78 is 18.4. The summed E-state index contributed by atoms with van der Waals surface area (Å²) >= 11 is 5.64. The molecular formula is C13H11ClFNO2. The van der Waals surface area contributed by atoms with Crippen LogP contribution in [0.2, 0.25) is 5.02 Å². The predicted octanol–water partition coefficient (Wildman–Crippen LogP) is 3.72. The first-order valence-corrected chi connectivity index (χ1v) is 5.71. The summed E-state index contributed by atoms with van der Waals surface area (Å²) in [6.07, 6.45) is 0.942. The van der Waals surface area contributed by atoms with E-state index in [1.54, 1.807) is 19.1 Å². The summed E-state index contributed by atoms with van der Waals surface area (Å²) in [6.45, 7) is 1.65. The van der Waals surface area contributed by atoms with Crippen molar-refractivity contribution >= 4 is 11.6 Å². The van der Waals surface area contributed by atoms with Gasteiger partial charge in [-0.05, 0) is 30.7 Å². The molecule has 2 rings (SSSR count). The zero-order chi connectivity index (χ0) is 13.1. The number of benzene rings is 1. The van der Waals surface area contributed by atoms with Crippen molar-refractivity contribution < 1.29 is 14.2 Å². The minimum Gasteiger partial charge on any atom is -0.439 e. The Morgan fingerprint density at radius 1 is 1.33 bits per heavy atom. The molecule has 0 aliphatic heterocycles. The van der Waals surface area contributed by atoms with Crippen molar-refractivity contribution in [3.63, 3.8) is 0 Å². The number of aliphatic hydroxyl groups is 1. The van der Waals surface area contributed by atoms with Gasteiger partial charge in [-0.1, -0.05) is 11.6 Å². The highest BCUT2D eigenvalue weighted by Gasteiger charge is 2.05. The number of nitrogens with zero attached hydrogens (tertiary/aromatic N) is 1. The van der Waals surface area contributed by atoms with Gasteiger partial charge in [0.2, 0.25) is 5.88 Å². The number of rotatable bonds is 3. The monoisotopic (exact) mass is 267 g/mol. The Kier molecular flexibility index (Phi) is 3.79. The van der Waals surface area contributed by atoms with Crippen molar-refractivity contribution in [3.8, 4) is 11.6 Å². The third-order valence-electron chi connectivity index (χ3n) is 2.36. The number of hydrogen-bond acceptors (Lipinski definition) is 3. The first kappa shape index (κ1) is 12.8. The lowest BCUT2D eigenvalue weighted by molar-refractivity contribution is 0.198. The lowest BCUT2D eigenvalue weighted by Crippen LogP contribution is -1.93. The molecule has 0 saturated heterocycles. The van der Waals surface area contributed by atoms with Crippen molar-refractivity contribution in [1.29, 1.82) is 0 Å². The fourth-order valence-corrected chi connectivity index (χ4v) is 1.53. The summed E-state index contributed by atoms with van der Waals surface area (Å²) in [4.78, 5) is 4.03. The normalized spacial score (nSPS) is 12.2. The lowest BCUT2D eigenvalue weighted by Gasteiger charge is -2.07. The van der Waals surface area contributed by atoms with Crippen LogP contribution in [0.3, 0.4) is 0 Å². The molecule has 0 amide bonds. The van der Waals surface area contributed by atoms with E-state index < -0.39 is 11.9 Å². The Morgan fingerprint density at radius 2 is 2.11 bits per heavy atom. The second kappa shape index (κ2) is 5.33. The van der Waals surface area contributed by atoms with Gasteiger partial charge in [0, 0.05) is 18.3 Å². The highest BCUT2D eigenvalue weighted by atomic mass is 35.5. The van der Waals surface area contributed by atoms with Crippen molar-refractivity contribution in [3.05, 3.63) is 52.9 Å². The minimum absolute atomic E-state index is 0.00639. The van der Waals surface area contributed by atoms with E-state index in [0.717, 1.165) is 0 Å². The van der Waals surface area contributed by atoms with E-state index in [9.17, 15) is 9.50 Å². The molecule has 94 valence electrons. The van der Waals surface area contributed by atoms with Crippen LogP contribution in [-0.4, -0.2) is 10.1 Å². The summed E-state index contributed by atoms with van der Waals surface area (Å²) in [5.41, 5.74) is 0.694. The van der Waals surface area contributed by atoms with E-state index in [2.05, 4.69) is 4.98 Å². The summed E-state index contributed by atoms with van der Waals surface area (Å²) in [5.74, 6) is 0.252. The van der Waals surface area contributed by atoms with Crippen LogP contribution >= 0.6 is 11.6 Å². The molecule has 0 spiro atoms. The second-order valence-corrected chi connectivity index (χ2v) is 4.19. The van der Waals surface area contributed by atoms with Gasteiger partial charge in [-0.15, -0.1) is 0 Å². The van der Waals surface area contributed by atoms with Gasteiger partial charge < -0.3 is 9.84 Å². The number of halogens is 2. The molecule has 1 aromatic heterocycles. The van der Waals surface area contributed by atoms with Gasteiger partial charge in [0.25, 0.3) is 0 Å². The van der Waals surface area contributed by atoms with Crippen LogP contribution in [0.5, 0.6) is 11.6 Å². The molecule has 1 heterocycles. The third-order valence-corrected chi connectivity index (χ3v) is 2.64. The number of hydrogen-bond donors (Lipinski definition) is 1. The van der Waals surface area contributed by atoms with Gasteiger partial charge in [-0.2, -0.15) is 0 Å². The van der Waals surface area contributed by atoms with Crippen molar-refractivity contribution in [2.45, 2.75) is 13.0 Å². The Bertz CT molecular complexity index is 543. The van der Waals surface area contributed by atoms with Gasteiger partial charge in [0.15, 0.2) is 0 Å². The largest absolute Gasteiger partial charge is 0.439 e. The standard InChI is InChI=1S/C13H11ClFNO2/c1-8(17)9-2-5-13(16-7-9)18-10-3-4-12(15)11(14)6-10/h2-8,17H,1H3/t8-/m0/s1. The van der Waals surface area contributed by atoms with Crippen LogP contribution in [0.1, 0.15) is 18.6 Å². The smallest absolute Gasteiger partial charge is 0.219 e. The van der Waals surface area contributed by atoms with Crippen molar-refractivity contribution in [2.75, 3.05) is 0 Å². The Hall–Kier alpha value is -1.65. The van der Waals surface area contributed by atoms with Crippen LogP contribution in [0.25, 0.3) is 0 Å². The fraction of sp³-hybridized carbons (Fsp3) is 0.154. The van der Waals surface area contributed by atoms with Gasteiger partial charge in [-0.3, -0.25) is 0 Å². The molecule has 0 unspecified atom stereocenters. The first-order chi connectivity index (χ1) is 8.56. The van der Waals surface area contributed by atoms with E-state index in [1.807, 2.05) is 0 Å². The number of ether oxygens (including phenoxy) is 1. The van der Waals surface area contributed by atoms with Crippen LogP contribution in [-0.2, 0) is 0 Å². The van der Waals surface area contributed by atoms with Crippen LogP contribution in [0, 0.1) is 5.82 Å². The average molecular weight is 268 g/mol. The minimum atomic E-state index is -0.577. The maximum Gasteiger partial charge on any atom is 0.219 e. The molecule has 0 saturated carbocycles. The highest BCUT2D eigenvalue weighted by molar-refractivity contribution is 6.30. The van der Waals surface area contributed by atoms with Gasteiger partial charge >= 0.3 is 0 Å². The summed E-state index contributed by atoms with van der Waals surface area (Å²) in [5, 5.41) is 9.32. The molecule has 0 radical (unpaired) electrons. The van der Waals surface area contributed by atoms with Gasteiger partial charge in [0.1, 0.15) is 11.6 Å². The molecule has 1 atom stereocenters. The predicted molar refractivity (Wildman–Crippen MR) is 66.4 cm³/mol. The molecular weight excluding hydrogens is 257 g/mol. The maximum absolute atomic E-state index is 12.9. The zero-order valence-corrected chi connectivity index (χ0v) is 10.4. The topological polar surface area (TPSA) is 42.4 Å². The van der Waals surface area contributed by atoms with Gasteiger partial charge in [0.05, 0.1) is 11.1 Å². The fourth-order valence-electron chi connectivity index (χ4n) is 1.36. The van der Waals surface area contributed by atoms with Crippen LogP contribution < -0.4 is 4.74 Å². The molecule has 1 N–H and O–H groups in total. The Morgan fingerprint density at radius 3 is 2.67 bits per heavy atom. The van der Waals surface area contributed by atoms with Crippen molar-refractivity contribution in [1.82, 2.24) is 4.98 Å². The molecule has 0 aliphatic rings. The summed E-state index contributed by atoms with van der Waals surface area (Å²) in [7, 11) is 0. The van der Waals surface area contributed by atoms with E-state index in [4.69, 9.17) is 16.3 Å². The highest BCUT2D eigenvalue weighted by Crippen LogP contribution is 2.25. The van der Waals surface area contributed by atoms with Crippen LogP contribution in [0.15, 0.2) is 36.5 Å². The molecule has 2 aromatic rings. The lowest BCUT2D eigenvalue weighted by atomic mass is 10.2. The van der Waals surface area contributed by atoms with Crippen molar-refractivity contribution in [2.24, 2.45) is 0 Å². The molecule has 1 aromatic carbocycles. The molecule has 5 heteroatoms. The molecule has 0 fully saturated rings. The molecule has 18 heavy (non-hydrogen) atoms. The number of pyridine rings is 1. The summed E-state index contributed by atoms with van der Waals surface area (Å²) in [6, 6.07) is 7.39. The number of aromatic nitrogens is 1. The maximum atomic E-state index is 12.9. The Balaban J connectivity index is 2.15. The first-order valence-electron chi connectivity index (χ1n) is 5.33. The van der Waals surface area contributed by atoms with E-state index in [1.165, 1.54) is 24.4 Å². The SMILES string of the molecule is C[C@H](O)c1ccc(Oc2ccc(F)c(Cl)c2)nc1. The van der Waals surface area contributed by atoms with E-state index >= 15 is 0 Å². The zero-order valence-electron chi connectivity index (χ0n) is 9.60. The van der Waals surface area contributed by atoms with E-state index in [-0.39, 0.29) is 5.02 Å². The van der Waals surface area contributed by atoms with Crippen LogP contribution in [0.4, 0.5) is 4.39 Å². The quantitative estimate of drug-likeness (QED) is 0.922. The van der Waals surface area contributed by atoms with Gasteiger partial charge in [-0.25, -0.2) is 9.37 Å². The Labute approximate surface area is 109 Å². The third kappa shape index (κ3) is 2.97. The molecule has 3 nitrogen and oxygen atoms in total. The second-order valence-electron chi connectivity index (χ2n) is 3.78.